The van der Waals surface area contributed by atoms with Crippen LogP contribution < -0.4 is 0 Å². The molecule has 8 heavy (non-hydrogen) atoms. The van der Waals surface area contributed by atoms with Crippen LogP contribution in [0.4, 0.5) is 0 Å². The van der Waals surface area contributed by atoms with Gasteiger partial charge in [0, 0.05) is 5.03 Å². The Balaban J connectivity index is 3.53. The first-order chi connectivity index (χ1) is 3.81. The fraction of sp³-hybridized carbons (Fsp3) is 0.429. The first-order valence-corrected chi connectivity index (χ1v) is 3.17. The lowest BCUT2D eigenvalue weighted by Gasteiger charge is -1.81. The van der Waals surface area contributed by atoms with E-state index in [4.69, 9.17) is 11.6 Å². The van der Waals surface area contributed by atoms with Crippen LogP contribution >= 0.6 is 11.6 Å². The number of rotatable bonds is 2. The average molecular weight is 131 g/mol. The molecule has 0 bridgehead atoms. The van der Waals surface area contributed by atoms with Crippen LogP contribution in [-0.2, 0) is 0 Å². The molecule has 0 saturated carbocycles. The summed E-state index contributed by atoms with van der Waals surface area (Å²) in [6.45, 7) is 4.00. The standard InChI is InChI=1S/C7H11Cl/c1-3-5-6-7(8)4-2/h4-6H,3H2,1-2H3. The molecule has 0 rings (SSSR count). The van der Waals surface area contributed by atoms with Gasteiger partial charge in [0.15, 0.2) is 0 Å². The molecule has 0 aromatic heterocycles. The second kappa shape index (κ2) is 4.92. The molecule has 0 aromatic rings. The van der Waals surface area contributed by atoms with Crippen LogP contribution in [0.15, 0.2) is 23.3 Å². The van der Waals surface area contributed by atoms with Crippen molar-refractivity contribution in [1.82, 2.24) is 0 Å². The van der Waals surface area contributed by atoms with Crippen LogP contribution in [0, 0.1) is 0 Å². The molecule has 0 atom stereocenters. The smallest absolute Gasteiger partial charge is 0.0360 e. The van der Waals surface area contributed by atoms with E-state index in [1.807, 2.05) is 25.2 Å². The minimum atomic E-state index is 0.812. The quantitative estimate of drug-likeness (QED) is 0.504. The summed E-state index contributed by atoms with van der Waals surface area (Å²) in [4.78, 5) is 0. The van der Waals surface area contributed by atoms with Gasteiger partial charge in [-0.3, -0.25) is 0 Å². The highest BCUT2D eigenvalue weighted by atomic mass is 35.5. The van der Waals surface area contributed by atoms with E-state index in [9.17, 15) is 0 Å². The first-order valence-electron chi connectivity index (χ1n) is 2.79. The van der Waals surface area contributed by atoms with E-state index in [2.05, 4.69) is 6.92 Å². The van der Waals surface area contributed by atoms with Crippen molar-refractivity contribution < 1.29 is 0 Å². The van der Waals surface area contributed by atoms with E-state index in [0.29, 0.717) is 0 Å². The van der Waals surface area contributed by atoms with Crippen molar-refractivity contribution in [2.24, 2.45) is 0 Å². The maximum Gasteiger partial charge on any atom is 0.0360 e. The van der Waals surface area contributed by atoms with Crippen LogP contribution in [0.5, 0.6) is 0 Å². The van der Waals surface area contributed by atoms with Crippen molar-refractivity contribution in [3.05, 3.63) is 23.3 Å². The second-order valence-electron chi connectivity index (χ2n) is 1.48. The van der Waals surface area contributed by atoms with Gasteiger partial charge in [0.1, 0.15) is 0 Å². The third kappa shape index (κ3) is 3.94. The summed E-state index contributed by atoms with van der Waals surface area (Å²) >= 11 is 5.62. The normalized spacial score (nSPS) is 13.1. The molecule has 0 amide bonds. The minimum absolute atomic E-state index is 0.812. The topological polar surface area (TPSA) is 0 Å². The summed E-state index contributed by atoms with van der Waals surface area (Å²) < 4.78 is 0. The maximum absolute atomic E-state index is 5.62. The van der Waals surface area contributed by atoms with Gasteiger partial charge in [-0.05, 0) is 19.4 Å². The molecular formula is C7H11Cl. The molecule has 0 aliphatic rings. The summed E-state index contributed by atoms with van der Waals surface area (Å²) in [6.07, 6.45) is 6.85. The number of hydrogen-bond acceptors (Lipinski definition) is 0. The molecule has 0 N–H and O–H groups in total. The van der Waals surface area contributed by atoms with Crippen molar-refractivity contribution >= 4 is 11.6 Å². The highest BCUT2D eigenvalue weighted by Crippen LogP contribution is 2.01. The highest BCUT2D eigenvalue weighted by Gasteiger charge is 1.75. The molecule has 0 radical (unpaired) electrons. The third-order valence-corrected chi connectivity index (χ3v) is 1.13. The van der Waals surface area contributed by atoms with Gasteiger partial charge in [-0.1, -0.05) is 30.7 Å². The van der Waals surface area contributed by atoms with Gasteiger partial charge in [-0.2, -0.15) is 0 Å². The fourth-order valence-electron chi connectivity index (χ4n) is 0.327. The largest absolute Gasteiger partial charge is 0.0847 e. The lowest BCUT2D eigenvalue weighted by Crippen LogP contribution is -1.58. The zero-order valence-corrected chi connectivity index (χ0v) is 6.07. The van der Waals surface area contributed by atoms with E-state index >= 15 is 0 Å². The first kappa shape index (κ1) is 7.77. The van der Waals surface area contributed by atoms with Crippen LogP contribution in [-0.4, -0.2) is 0 Å². The van der Waals surface area contributed by atoms with E-state index in [1.54, 1.807) is 0 Å². The Labute approximate surface area is 55.9 Å². The Hall–Kier alpha value is -0.230. The van der Waals surface area contributed by atoms with Crippen LogP contribution in [0.1, 0.15) is 20.3 Å². The van der Waals surface area contributed by atoms with Gasteiger partial charge in [-0.15, -0.1) is 0 Å². The molecule has 0 saturated heterocycles. The van der Waals surface area contributed by atoms with Gasteiger partial charge < -0.3 is 0 Å². The zero-order valence-electron chi connectivity index (χ0n) is 5.32. The minimum Gasteiger partial charge on any atom is -0.0847 e. The molecule has 0 aliphatic heterocycles. The van der Waals surface area contributed by atoms with Crippen LogP contribution in [0.3, 0.4) is 0 Å². The number of hydrogen-bond donors (Lipinski definition) is 0. The summed E-state index contributed by atoms with van der Waals surface area (Å²) in [5.41, 5.74) is 0. The Bertz CT molecular complexity index is 101. The third-order valence-electron chi connectivity index (χ3n) is 0.789. The second-order valence-corrected chi connectivity index (χ2v) is 1.92. The molecule has 0 unspecified atom stereocenters. The zero-order chi connectivity index (χ0) is 6.41. The Morgan fingerprint density at radius 2 is 2.25 bits per heavy atom. The van der Waals surface area contributed by atoms with Crippen LogP contribution in [0.25, 0.3) is 0 Å². The Morgan fingerprint density at radius 3 is 2.62 bits per heavy atom. The van der Waals surface area contributed by atoms with E-state index in [1.165, 1.54) is 0 Å². The number of halogens is 1. The Kier molecular flexibility index (Phi) is 4.78. The lowest BCUT2D eigenvalue weighted by molar-refractivity contribution is 1.22. The fourth-order valence-corrected chi connectivity index (χ4v) is 0.416. The average Bonchev–Trinajstić information content (AvgIpc) is 1.83. The van der Waals surface area contributed by atoms with Gasteiger partial charge in [-0.25, -0.2) is 0 Å². The molecular weight excluding hydrogens is 120 g/mol. The van der Waals surface area contributed by atoms with Crippen molar-refractivity contribution in [2.75, 3.05) is 0 Å². The van der Waals surface area contributed by atoms with Gasteiger partial charge in [0.05, 0.1) is 0 Å². The summed E-state index contributed by atoms with van der Waals surface area (Å²) in [6, 6.07) is 0. The predicted molar refractivity (Wildman–Crippen MR) is 39.0 cm³/mol. The van der Waals surface area contributed by atoms with Crippen LogP contribution in [0.2, 0.25) is 0 Å². The molecule has 0 fully saturated rings. The SMILES string of the molecule is CC=C(Cl)C=CCC. The Morgan fingerprint density at radius 1 is 1.62 bits per heavy atom. The summed E-state index contributed by atoms with van der Waals surface area (Å²) in [5.74, 6) is 0. The van der Waals surface area contributed by atoms with E-state index in [-0.39, 0.29) is 0 Å². The number of allylic oxidation sites excluding steroid dienone is 4. The van der Waals surface area contributed by atoms with Gasteiger partial charge >= 0.3 is 0 Å². The molecule has 46 valence electrons. The summed E-state index contributed by atoms with van der Waals surface area (Å²) in [7, 11) is 0. The lowest BCUT2D eigenvalue weighted by atomic mass is 10.4. The molecule has 0 heterocycles. The van der Waals surface area contributed by atoms with Crippen molar-refractivity contribution in [3.8, 4) is 0 Å². The van der Waals surface area contributed by atoms with E-state index < -0.39 is 0 Å². The van der Waals surface area contributed by atoms with Gasteiger partial charge in [0.25, 0.3) is 0 Å². The maximum atomic E-state index is 5.62. The molecule has 0 aliphatic carbocycles. The highest BCUT2D eigenvalue weighted by molar-refractivity contribution is 6.31. The molecule has 0 spiro atoms. The van der Waals surface area contributed by atoms with Crippen molar-refractivity contribution in [2.45, 2.75) is 20.3 Å². The van der Waals surface area contributed by atoms with E-state index in [0.717, 1.165) is 11.5 Å². The summed E-state index contributed by atoms with van der Waals surface area (Å²) in [5, 5.41) is 0.812. The molecule has 1 heteroatoms. The van der Waals surface area contributed by atoms with Crippen molar-refractivity contribution in [1.29, 1.82) is 0 Å². The monoisotopic (exact) mass is 130 g/mol. The molecule has 0 nitrogen and oxygen atoms in total. The van der Waals surface area contributed by atoms with Gasteiger partial charge in [0.2, 0.25) is 0 Å². The predicted octanol–water partition coefficient (Wildman–Crippen LogP) is 3.10. The van der Waals surface area contributed by atoms with Crippen molar-refractivity contribution in [3.63, 3.8) is 0 Å². The molecule has 0 aromatic carbocycles.